The zero-order valence-corrected chi connectivity index (χ0v) is 14.4. The number of allylic oxidation sites excluding steroid dienone is 1. The Kier molecular flexibility index (Phi) is 4.99. The van der Waals surface area contributed by atoms with Gasteiger partial charge in [0.15, 0.2) is 12.1 Å². The zero-order valence-electron chi connectivity index (χ0n) is 14.4. The van der Waals surface area contributed by atoms with Crippen molar-refractivity contribution < 1.29 is 19.0 Å². The van der Waals surface area contributed by atoms with Crippen LogP contribution in [-0.2, 0) is 25.6 Å². The molecule has 1 saturated carbocycles. The van der Waals surface area contributed by atoms with Gasteiger partial charge in [-0.25, -0.2) is 0 Å². The largest absolute Gasteiger partial charge is 0.496 e. The second-order valence-corrected chi connectivity index (χ2v) is 6.98. The van der Waals surface area contributed by atoms with Crippen LogP contribution in [0.4, 0.5) is 0 Å². The number of hydrogen-bond donors (Lipinski definition) is 0. The molecule has 0 bridgehead atoms. The van der Waals surface area contributed by atoms with E-state index in [4.69, 9.17) is 14.2 Å². The highest BCUT2D eigenvalue weighted by Gasteiger charge is 2.41. The number of ether oxygens (including phenoxy) is 3. The van der Waals surface area contributed by atoms with Gasteiger partial charge in [0.1, 0.15) is 6.61 Å². The molecule has 0 spiro atoms. The molecule has 0 aromatic heterocycles. The van der Waals surface area contributed by atoms with Crippen molar-refractivity contribution in [3.63, 3.8) is 0 Å². The van der Waals surface area contributed by atoms with Gasteiger partial charge in [0.25, 0.3) is 0 Å². The van der Waals surface area contributed by atoms with Crippen molar-refractivity contribution in [1.82, 2.24) is 0 Å². The van der Waals surface area contributed by atoms with Crippen LogP contribution in [0.3, 0.4) is 0 Å². The molecule has 1 saturated heterocycles. The van der Waals surface area contributed by atoms with Gasteiger partial charge in [-0.1, -0.05) is 35.9 Å². The number of hydrogen-bond acceptors (Lipinski definition) is 4. The van der Waals surface area contributed by atoms with Gasteiger partial charge in [-0.2, -0.15) is 0 Å². The summed E-state index contributed by atoms with van der Waals surface area (Å²) >= 11 is 0. The molecule has 2 fully saturated rings. The molecule has 0 amide bonds. The molecule has 1 aromatic rings. The first-order valence-corrected chi connectivity index (χ1v) is 9.15. The quantitative estimate of drug-likeness (QED) is 0.762. The molecule has 4 rings (SSSR count). The molecular weight excluding hydrogens is 316 g/mol. The SMILES string of the molecule is O=C1C=C2CC(OC3CCCCO3)C(=COCc3ccccc3)C2C1. The van der Waals surface area contributed by atoms with Crippen LogP contribution in [-0.4, -0.2) is 24.8 Å². The van der Waals surface area contributed by atoms with E-state index in [0.29, 0.717) is 13.0 Å². The molecule has 1 aliphatic heterocycles. The molecule has 3 aliphatic rings. The molecule has 3 atom stereocenters. The molecule has 0 N–H and O–H groups in total. The second-order valence-electron chi connectivity index (χ2n) is 6.98. The Hall–Kier alpha value is -1.91. The monoisotopic (exact) mass is 340 g/mol. The lowest BCUT2D eigenvalue weighted by Crippen LogP contribution is -2.28. The van der Waals surface area contributed by atoms with Crippen molar-refractivity contribution in [2.45, 2.75) is 51.1 Å². The number of fused-ring (bicyclic) bond motifs is 1. The van der Waals surface area contributed by atoms with E-state index in [1.165, 1.54) is 5.57 Å². The minimum absolute atomic E-state index is 0.0387. The maximum Gasteiger partial charge on any atom is 0.158 e. The lowest BCUT2D eigenvalue weighted by Gasteiger charge is -2.27. The summed E-state index contributed by atoms with van der Waals surface area (Å²) in [7, 11) is 0. The van der Waals surface area contributed by atoms with Crippen LogP contribution in [0, 0.1) is 5.92 Å². The van der Waals surface area contributed by atoms with E-state index >= 15 is 0 Å². The van der Waals surface area contributed by atoms with Gasteiger partial charge < -0.3 is 14.2 Å². The standard InChI is InChI=1S/C21H24O4/c22-17-10-16-11-20(25-21-8-4-5-9-24-21)19(18(16)12-17)14-23-13-15-6-2-1-3-7-15/h1-3,6-7,10,14,18,20-21H,4-5,8-9,11-13H2. The summed E-state index contributed by atoms with van der Waals surface area (Å²) in [5.74, 6) is 0.359. The smallest absolute Gasteiger partial charge is 0.158 e. The Morgan fingerprint density at radius 1 is 1.16 bits per heavy atom. The van der Waals surface area contributed by atoms with E-state index in [2.05, 4.69) is 0 Å². The van der Waals surface area contributed by atoms with E-state index in [1.54, 1.807) is 6.08 Å². The van der Waals surface area contributed by atoms with Crippen molar-refractivity contribution in [2.24, 2.45) is 5.92 Å². The number of rotatable bonds is 5. The highest BCUT2D eigenvalue weighted by atomic mass is 16.7. The molecule has 25 heavy (non-hydrogen) atoms. The van der Waals surface area contributed by atoms with Crippen LogP contribution >= 0.6 is 0 Å². The Balaban J connectivity index is 1.45. The van der Waals surface area contributed by atoms with Crippen LogP contribution in [0.5, 0.6) is 0 Å². The number of ketones is 1. The molecule has 1 aromatic carbocycles. The van der Waals surface area contributed by atoms with Gasteiger partial charge in [-0.15, -0.1) is 0 Å². The average Bonchev–Trinajstić information content (AvgIpc) is 3.13. The Bertz CT molecular complexity index is 670. The van der Waals surface area contributed by atoms with Crippen molar-refractivity contribution in [3.8, 4) is 0 Å². The fraction of sp³-hybridized carbons (Fsp3) is 0.476. The van der Waals surface area contributed by atoms with Gasteiger partial charge >= 0.3 is 0 Å². The van der Waals surface area contributed by atoms with Crippen LogP contribution in [0.15, 0.2) is 53.8 Å². The Morgan fingerprint density at radius 2 is 2.04 bits per heavy atom. The molecule has 0 radical (unpaired) electrons. The molecule has 4 heteroatoms. The van der Waals surface area contributed by atoms with Crippen molar-refractivity contribution in [2.75, 3.05) is 6.61 Å². The fourth-order valence-electron chi connectivity index (χ4n) is 3.88. The van der Waals surface area contributed by atoms with E-state index in [1.807, 2.05) is 36.6 Å². The average molecular weight is 340 g/mol. The molecule has 2 aliphatic carbocycles. The third kappa shape index (κ3) is 3.86. The predicted molar refractivity (Wildman–Crippen MR) is 93.6 cm³/mol. The van der Waals surface area contributed by atoms with Gasteiger partial charge in [-0.05, 0) is 37.3 Å². The van der Waals surface area contributed by atoms with Crippen molar-refractivity contribution >= 4 is 5.78 Å². The minimum atomic E-state index is -0.133. The molecule has 1 heterocycles. The lowest BCUT2D eigenvalue weighted by atomic mass is 10.00. The van der Waals surface area contributed by atoms with Crippen LogP contribution < -0.4 is 0 Å². The zero-order chi connectivity index (χ0) is 17.1. The van der Waals surface area contributed by atoms with Crippen molar-refractivity contribution in [1.29, 1.82) is 0 Å². The summed E-state index contributed by atoms with van der Waals surface area (Å²) in [5.41, 5.74) is 3.39. The first-order valence-electron chi connectivity index (χ1n) is 9.15. The molecule has 132 valence electrons. The first kappa shape index (κ1) is 16.6. The summed E-state index contributed by atoms with van der Waals surface area (Å²) in [6.45, 7) is 1.29. The third-order valence-electron chi connectivity index (χ3n) is 5.16. The lowest BCUT2D eigenvalue weighted by molar-refractivity contribution is -0.179. The highest BCUT2D eigenvalue weighted by Crippen LogP contribution is 2.44. The van der Waals surface area contributed by atoms with E-state index < -0.39 is 0 Å². The van der Waals surface area contributed by atoms with Crippen LogP contribution in [0.2, 0.25) is 0 Å². The maximum absolute atomic E-state index is 11.8. The first-order chi connectivity index (χ1) is 12.3. The molecule has 3 unspecified atom stereocenters. The minimum Gasteiger partial charge on any atom is -0.496 e. The van der Waals surface area contributed by atoms with Gasteiger partial charge in [0.05, 0.1) is 12.4 Å². The summed E-state index contributed by atoms with van der Waals surface area (Å²) < 4.78 is 17.8. The summed E-state index contributed by atoms with van der Waals surface area (Å²) in [6, 6.07) is 10.1. The van der Waals surface area contributed by atoms with E-state index in [-0.39, 0.29) is 24.1 Å². The van der Waals surface area contributed by atoms with Gasteiger partial charge in [-0.3, -0.25) is 4.79 Å². The second kappa shape index (κ2) is 7.54. The highest BCUT2D eigenvalue weighted by molar-refractivity contribution is 5.94. The van der Waals surface area contributed by atoms with Gasteiger partial charge in [0, 0.05) is 24.5 Å². The van der Waals surface area contributed by atoms with Gasteiger partial charge in [0.2, 0.25) is 0 Å². The number of carbonyl (C=O) groups is 1. The fourth-order valence-corrected chi connectivity index (χ4v) is 3.88. The maximum atomic E-state index is 11.8. The third-order valence-corrected chi connectivity index (χ3v) is 5.16. The molecule has 4 nitrogen and oxygen atoms in total. The number of benzene rings is 1. The predicted octanol–water partition coefficient (Wildman–Crippen LogP) is 3.92. The van der Waals surface area contributed by atoms with Crippen LogP contribution in [0.25, 0.3) is 0 Å². The Morgan fingerprint density at radius 3 is 2.84 bits per heavy atom. The van der Waals surface area contributed by atoms with Crippen LogP contribution in [0.1, 0.15) is 37.7 Å². The van der Waals surface area contributed by atoms with Crippen molar-refractivity contribution in [3.05, 3.63) is 59.4 Å². The van der Waals surface area contributed by atoms with E-state index in [9.17, 15) is 4.79 Å². The van der Waals surface area contributed by atoms with E-state index in [0.717, 1.165) is 43.4 Å². The summed E-state index contributed by atoms with van der Waals surface area (Å²) in [6.07, 6.45) is 7.96. The molecular formula is C21H24O4. The number of carbonyl (C=O) groups excluding carboxylic acids is 1. The normalized spacial score (nSPS) is 30.4. The summed E-state index contributed by atoms with van der Waals surface area (Å²) in [4.78, 5) is 11.8. The summed E-state index contributed by atoms with van der Waals surface area (Å²) in [5, 5.41) is 0. The Labute approximate surface area is 148 Å². The topological polar surface area (TPSA) is 44.8 Å².